The number of ketones is 1. The van der Waals surface area contributed by atoms with Crippen molar-refractivity contribution in [3.8, 4) is 0 Å². The van der Waals surface area contributed by atoms with Crippen LogP contribution in [0.15, 0.2) is 16.9 Å². The summed E-state index contributed by atoms with van der Waals surface area (Å²) in [6.45, 7) is 1.46. The fourth-order valence-corrected chi connectivity index (χ4v) is 2.33. The maximum atomic E-state index is 12.3. The SMILES string of the molecule is CN(C)CCn1ncc(Br)c1C(=O)c1cnsn1. The second-order valence-electron chi connectivity index (χ2n) is 3.99. The van der Waals surface area contributed by atoms with Gasteiger partial charge in [0.15, 0.2) is 0 Å². The van der Waals surface area contributed by atoms with Crippen LogP contribution < -0.4 is 0 Å². The van der Waals surface area contributed by atoms with E-state index in [9.17, 15) is 4.79 Å². The summed E-state index contributed by atoms with van der Waals surface area (Å²) in [6, 6.07) is 0. The number of likely N-dealkylation sites (N-methyl/N-ethyl adjacent to an activating group) is 1. The van der Waals surface area contributed by atoms with E-state index in [1.165, 1.54) is 6.20 Å². The number of hydrogen-bond donors (Lipinski definition) is 0. The van der Waals surface area contributed by atoms with Gasteiger partial charge in [0.1, 0.15) is 11.4 Å². The summed E-state index contributed by atoms with van der Waals surface area (Å²) in [5.41, 5.74) is 0.872. The monoisotopic (exact) mass is 329 g/mol. The van der Waals surface area contributed by atoms with Crippen LogP contribution in [0.2, 0.25) is 0 Å². The number of rotatable bonds is 5. The summed E-state index contributed by atoms with van der Waals surface area (Å²) in [4.78, 5) is 14.3. The number of halogens is 1. The van der Waals surface area contributed by atoms with Crippen molar-refractivity contribution >= 4 is 33.4 Å². The molecule has 0 radical (unpaired) electrons. The Morgan fingerprint density at radius 3 is 2.89 bits per heavy atom. The molecule has 0 aliphatic carbocycles. The van der Waals surface area contributed by atoms with Crippen LogP contribution in [0.5, 0.6) is 0 Å². The van der Waals surface area contributed by atoms with E-state index < -0.39 is 0 Å². The first-order valence-corrected chi connectivity index (χ1v) is 6.80. The summed E-state index contributed by atoms with van der Waals surface area (Å²) in [7, 11) is 3.95. The zero-order valence-corrected chi connectivity index (χ0v) is 12.4. The van der Waals surface area contributed by atoms with Crippen molar-refractivity contribution in [3.63, 3.8) is 0 Å². The normalized spacial score (nSPS) is 11.1. The predicted octanol–water partition coefficient (Wildman–Crippen LogP) is 1.29. The van der Waals surface area contributed by atoms with Crippen LogP contribution in [0.4, 0.5) is 0 Å². The summed E-state index contributed by atoms with van der Waals surface area (Å²) < 4.78 is 10.2. The average Bonchev–Trinajstić information content (AvgIpc) is 2.94. The Hall–Kier alpha value is -1.12. The molecule has 0 unspecified atom stereocenters. The van der Waals surface area contributed by atoms with Gasteiger partial charge in [0, 0.05) is 6.54 Å². The Labute approximate surface area is 117 Å². The summed E-state index contributed by atoms with van der Waals surface area (Å²) >= 11 is 4.37. The van der Waals surface area contributed by atoms with Gasteiger partial charge in [0.05, 0.1) is 35.1 Å². The fraction of sp³-hybridized carbons (Fsp3) is 0.400. The third-order valence-corrected chi connectivity index (χ3v) is 3.42. The first-order valence-electron chi connectivity index (χ1n) is 5.28. The molecule has 2 aromatic rings. The summed E-state index contributed by atoms with van der Waals surface area (Å²) in [5, 5.41) is 4.20. The van der Waals surface area contributed by atoms with Crippen molar-refractivity contribution < 1.29 is 4.79 Å². The van der Waals surface area contributed by atoms with Gasteiger partial charge in [0.2, 0.25) is 5.78 Å². The Morgan fingerprint density at radius 2 is 2.28 bits per heavy atom. The second kappa shape index (κ2) is 5.68. The number of aromatic nitrogens is 4. The molecular weight excluding hydrogens is 318 g/mol. The maximum absolute atomic E-state index is 12.3. The van der Waals surface area contributed by atoms with Crippen LogP contribution in [-0.4, -0.2) is 49.9 Å². The second-order valence-corrected chi connectivity index (χ2v) is 5.40. The van der Waals surface area contributed by atoms with E-state index in [0.717, 1.165) is 18.3 Å². The molecule has 18 heavy (non-hydrogen) atoms. The molecule has 6 nitrogen and oxygen atoms in total. The van der Waals surface area contributed by atoms with E-state index >= 15 is 0 Å². The lowest BCUT2D eigenvalue weighted by molar-refractivity contribution is 0.102. The molecule has 2 rings (SSSR count). The highest BCUT2D eigenvalue weighted by Crippen LogP contribution is 2.19. The minimum absolute atomic E-state index is 0.160. The van der Waals surface area contributed by atoms with Crippen LogP contribution >= 0.6 is 27.7 Å². The van der Waals surface area contributed by atoms with Gasteiger partial charge < -0.3 is 4.90 Å². The van der Waals surface area contributed by atoms with Gasteiger partial charge in [-0.2, -0.15) is 13.8 Å². The molecular formula is C10H12BrN5OS. The van der Waals surface area contributed by atoms with Gasteiger partial charge in [-0.1, -0.05) is 0 Å². The van der Waals surface area contributed by atoms with E-state index in [4.69, 9.17) is 0 Å². The Bertz CT molecular complexity index is 536. The molecule has 8 heteroatoms. The lowest BCUT2D eigenvalue weighted by atomic mass is 10.2. The summed E-state index contributed by atoms with van der Waals surface area (Å²) in [6.07, 6.45) is 3.10. The van der Waals surface area contributed by atoms with Crippen molar-refractivity contribution in [1.82, 2.24) is 23.4 Å². The predicted molar refractivity (Wildman–Crippen MR) is 71.8 cm³/mol. The third-order valence-electron chi connectivity index (χ3n) is 2.36. The van der Waals surface area contributed by atoms with Crippen LogP contribution in [0, 0.1) is 0 Å². The molecule has 0 amide bonds. The molecule has 0 aliphatic rings. The van der Waals surface area contributed by atoms with Crippen LogP contribution in [-0.2, 0) is 6.54 Å². The standard InChI is InChI=1S/C10H12BrN5OS/c1-15(2)3-4-16-9(7(11)5-12-16)10(17)8-6-13-18-14-8/h5-6H,3-4H2,1-2H3. The molecule has 0 aliphatic heterocycles. The Balaban J connectivity index is 2.26. The maximum Gasteiger partial charge on any atom is 0.233 e. The van der Waals surface area contributed by atoms with Gasteiger partial charge in [-0.25, -0.2) is 0 Å². The molecule has 0 atom stereocenters. The molecule has 0 N–H and O–H groups in total. The van der Waals surface area contributed by atoms with E-state index in [2.05, 4.69) is 29.8 Å². The van der Waals surface area contributed by atoms with Gasteiger partial charge in [-0.3, -0.25) is 9.48 Å². The van der Waals surface area contributed by atoms with Crippen molar-refractivity contribution in [1.29, 1.82) is 0 Å². The van der Waals surface area contributed by atoms with E-state index in [1.54, 1.807) is 10.9 Å². The smallest absolute Gasteiger partial charge is 0.233 e. The molecule has 0 saturated heterocycles. The molecule has 2 heterocycles. The fourth-order valence-electron chi connectivity index (χ4n) is 1.44. The van der Waals surface area contributed by atoms with Crippen LogP contribution in [0.3, 0.4) is 0 Å². The Kier molecular flexibility index (Phi) is 4.20. The van der Waals surface area contributed by atoms with Crippen molar-refractivity contribution in [2.24, 2.45) is 0 Å². The van der Waals surface area contributed by atoms with Gasteiger partial charge >= 0.3 is 0 Å². The van der Waals surface area contributed by atoms with Gasteiger partial charge in [-0.05, 0) is 30.0 Å². The first kappa shape index (κ1) is 13.3. The summed E-state index contributed by atoms with van der Waals surface area (Å²) in [5.74, 6) is -0.160. The highest BCUT2D eigenvalue weighted by molar-refractivity contribution is 9.10. The number of hydrogen-bond acceptors (Lipinski definition) is 6. The van der Waals surface area contributed by atoms with Crippen molar-refractivity contribution in [2.45, 2.75) is 6.54 Å². The minimum Gasteiger partial charge on any atom is -0.308 e. The molecule has 0 bridgehead atoms. The van der Waals surface area contributed by atoms with Crippen LogP contribution in [0.25, 0.3) is 0 Å². The first-order chi connectivity index (χ1) is 8.59. The largest absolute Gasteiger partial charge is 0.308 e. The van der Waals surface area contributed by atoms with E-state index in [1.807, 2.05) is 19.0 Å². The van der Waals surface area contributed by atoms with Crippen LogP contribution in [0.1, 0.15) is 16.2 Å². The highest BCUT2D eigenvalue weighted by atomic mass is 79.9. The zero-order valence-electron chi connectivity index (χ0n) is 10.00. The van der Waals surface area contributed by atoms with E-state index in [-0.39, 0.29) is 5.78 Å². The lowest BCUT2D eigenvalue weighted by Gasteiger charge is -2.11. The number of carbonyl (C=O) groups excluding carboxylic acids is 1. The topological polar surface area (TPSA) is 63.9 Å². The molecule has 96 valence electrons. The molecule has 0 spiro atoms. The third kappa shape index (κ3) is 2.82. The quantitative estimate of drug-likeness (QED) is 0.773. The molecule has 0 saturated carbocycles. The molecule has 0 fully saturated rings. The Morgan fingerprint density at radius 1 is 1.50 bits per heavy atom. The lowest BCUT2D eigenvalue weighted by Crippen LogP contribution is -2.21. The molecule has 0 aromatic carbocycles. The molecule has 2 aromatic heterocycles. The van der Waals surface area contributed by atoms with Gasteiger partial charge in [0.25, 0.3) is 0 Å². The zero-order chi connectivity index (χ0) is 13.1. The van der Waals surface area contributed by atoms with Gasteiger partial charge in [-0.15, -0.1) is 0 Å². The number of carbonyl (C=O) groups is 1. The van der Waals surface area contributed by atoms with Crippen molar-refractivity contribution in [2.75, 3.05) is 20.6 Å². The number of nitrogens with zero attached hydrogens (tertiary/aromatic N) is 5. The van der Waals surface area contributed by atoms with E-state index in [0.29, 0.717) is 22.4 Å². The average molecular weight is 330 g/mol. The highest BCUT2D eigenvalue weighted by Gasteiger charge is 2.20. The van der Waals surface area contributed by atoms with Crippen molar-refractivity contribution in [3.05, 3.63) is 28.3 Å². The minimum atomic E-state index is -0.160.